The highest BCUT2D eigenvalue weighted by molar-refractivity contribution is 9.18. The third-order valence-electron chi connectivity index (χ3n) is 1.50. The van der Waals surface area contributed by atoms with E-state index in [4.69, 9.17) is 0 Å². The van der Waals surface area contributed by atoms with Crippen LogP contribution in [-0.4, -0.2) is 9.39 Å². The molecule has 0 unspecified atom stereocenters. The van der Waals surface area contributed by atoms with Gasteiger partial charge >= 0.3 is 0 Å². The predicted molar refractivity (Wildman–Crippen MR) is 55.6 cm³/mol. The molecule has 0 aromatic rings. The highest BCUT2D eigenvalue weighted by Crippen LogP contribution is 2.08. The summed E-state index contributed by atoms with van der Waals surface area (Å²) in [6, 6.07) is 0. The molecule has 0 fully saturated rings. The maximum atomic E-state index is 10.4. The first-order valence-corrected chi connectivity index (χ1v) is 5.58. The summed E-state index contributed by atoms with van der Waals surface area (Å²) in [5.41, 5.74) is 0. The Morgan fingerprint density at radius 1 is 0.750 bits per heavy atom. The molecule has 0 amide bonds. The van der Waals surface area contributed by atoms with Gasteiger partial charge in [-0.25, -0.2) is 0 Å². The number of unbranched alkanes of at least 4 members (excludes halogenated alkanes) is 3. The Hall–Kier alpha value is 0.300. The van der Waals surface area contributed by atoms with Gasteiger partial charge in [-0.15, -0.1) is 0 Å². The van der Waals surface area contributed by atoms with Gasteiger partial charge in [0.25, 0.3) is 0 Å². The van der Waals surface area contributed by atoms with Crippen molar-refractivity contribution in [1.82, 2.24) is 0 Å². The summed E-state index contributed by atoms with van der Waals surface area (Å²) in [5.74, 6) is 0. The molecule has 0 aromatic carbocycles. The number of carbonyl (C=O) groups excluding carboxylic acids is 2. The molecule has 0 saturated heterocycles. The molecule has 12 heavy (non-hydrogen) atoms. The highest BCUT2D eigenvalue weighted by atomic mass is 79.9. The van der Waals surface area contributed by atoms with Gasteiger partial charge in [-0.1, -0.05) is 12.8 Å². The van der Waals surface area contributed by atoms with E-state index in [0.29, 0.717) is 12.8 Å². The van der Waals surface area contributed by atoms with Gasteiger partial charge < -0.3 is 0 Å². The van der Waals surface area contributed by atoms with Crippen LogP contribution >= 0.6 is 31.9 Å². The first-order chi connectivity index (χ1) is 5.63. The summed E-state index contributed by atoms with van der Waals surface area (Å²) in [5, 5.41) is 0. The van der Waals surface area contributed by atoms with Crippen LogP contribution in [0.3, 0.4) is 0 Å². The van der Waals surface area contributed by atoms with Gasteiger partial charge in [0.2, 0.25) is 0 Å². The van der Waals surface area contributed by atoms with Crippen molar-refractivity contribution >= 4 is 41.2 Å². The van der Waals surface area contributed by atoms with Gasteiger partial charge in [0.1, 0.15) is 0 Å². The topological polar surface area (TPSA) is 34.1 Å². The van der Waals surface area contributed by atoms with Crippen molar-refractivity contribution in [3.63, 3.8) is 0 Å². The zero-order valence-corrected chi connectivity index (χ0v) is 9.99. The van der Waals surface area contributed by atoms with Gasteiger partial charge in [-0.2, -0.15) is 0 Å². The summed E-state index contributed by atoms with van der Waals surface area (Å²) < 4.78 is 0.137. The summed E-state index contributed by atoms with van der Waals surface area (Å²) in [6.07, 6.45) is 5.08. The maximum absolute atomic E-state index is 10.4. The smallest absolute Gasteiger partial charge is 0.197 e. The number of carbonyl (C=O) groups is 2. The second kappa shape index (κ2) is 7.92. The van der Waals surface area contributed by atoms with E-state index >= 15 is 0 Å². The number of hydrogen-bond donors (Lipinski definition) is 0. The number of hydrogen-bond acceptors (Lipinski definition) is 2. The third-order valence-corrected chi connectivity index (χ3v) is 2.29. The fraction of sp³-hybridized carbons (Fsp3) is 0.750. The van der Waals surface area contributed by atoms with Crippen molar-refractivity contribution in [1.29, 1.82) is 0 Å². The molecule has 0 rings (SSSR count). The van der Waals surface area contributed by atoms with Crippen LogP contribution in [0.4, 0.5) is 0 Å². The average molecular weight is 300 g/mol. The molecule has 0 spiro atoms. The van der Waals surface area contributed by atoms with E-state index in [2.05, 4.69) is 31.9 Å². The van der Waals surface area contributed by atoms with E-state index < -0.39 is 0 Å². The van der Waals surface area contributed by atoms with Gasteiger partial charge in [-0.3, -0.25) is 9.59 Å². The molecule has 70 valence electrons. The van der Waals surface area contributed by atoms with Crippen LogP contribution in [0.1, 0.15) is 38.5 Å². The van der Waals surface area contributed by atoms with E-state index in [1.807, 2.05) is 0 Å². The second-order valence-corrected chi connectivity index (χ2v) is 4.39. The van der Waals surface area contributed by atoms with Gasteiger partial charge in [0.05, 0.1) is 0 Å². The minimum Gasteiger partial charge on any atom is -0.287 e. The van der Waals surface area contributed by atoms with Crippen LogP contribution in [0.2, 0.25) is 0 Å². The fourth-order valence-electron chi connectivity index (χ4n) is 0.882. The molecular formula is C8H12Br2O2. The minimum absolute atomic E-state index is 0.0686. The van der Waals surface area contributed by atoms with Gasteiger partial charge in [-0.05, 0) is 44.7 Å². The number of rotatable bonds is 7. The van der Waals surface area contributed by atoms with Crippen LogP contribution < -0.4 is 0 Å². The third kappa shape index (κ3) is 10.3. The van der Waals surface area contributed by atoms with Crippen molar-refractivity contribution in [2.75, 3.05) is 0 Å². The van der Waals surface area contributed by atoms with Crippen molar-refractivity contribution in [3.05, 3.63) is 0 Å². The Morgan fingerprint density at radius 2 is 1.08 bits per heavy atom. The molecule has 0 atom stereocenters. The van der Waals surface area contributed by atoms with E-state index in [1.54, 1.807) is 0 Å². The lowest BCUT2D eigenvalue weighted by Crippen LogP contribution is -1.88. The Bertz CT molecular complexity index is 139. The Balaban J connectivity index is 3.01. The molecule has 0 heterocycles. The molecule has 0 bridgehead atoms. The van der Waals surface area contributed by atoms with E-state index in [0.717, 1.165) is 25.7 Å². The molecule has 0 saturated carbocycles. The summed E-state index contributed by atoms with van der Waals surface area (Å²) in [6.45, 7) is 0. The van der Waals surface area contributed by atoms with Crippen LogP contribution in [-0.2, 0) is 9.59 Å². The second-order valence-electron chi connectivity index (χ2n) is 2.62. The molecule has 0 radical (unpaired) electrons. The van der Waals surface area contributed by atoms with Crippen molar-refractivity contribution in [3.8, 4) is 0 Å². The molecule has 0 aromatic heterocycles. The van der Waals surface area contributed by atoms with E-state index in [1.165, 1.54) is 0 Å². The Kier molecular flexibility index (Phi) is 8.12. The highest BCUT2D eigenvalue weighted by Gasteiger charge is 1.97. The van der Waals surface area contributed by atoms with Crippen molar-refractivity contribution in [2.24, 2.45) is 0 Å². The molecule has 4 heteroatoms. The van der Waals surface area contributed by atoms with Crippen LogP contribution in [0.5, 0.6) is 0 Å². The lowest BCUT2D eigenvalue weighted by atomic mass is 10.1. The van der Waals surface area contributed by atoms with Gasteiger partial charge in [0, 0.05) is 12.8 Å². The van der Waals surface area contributed by atoms with Crippen LogP contribution in [0.25, 0.3) is 0 Å². The largest absolute Gasteiger partial charge is 0.287 e. The molecule has 2 nitrogen and oxygen atoms in total. The Labute approximate surface area is 89.4 Å². The molecule has 0 N–H and O–H groups in total. The van der Waals surface area contributed by atoms with Crippen molar-refractivity contribution < 1.29 is 9.59 Å². The lowest BCUT2D eigenvalue weighted by Gasteiger charge is -1.96. The summed E-state index contributed by atoms with van der Waals surface area (Å²) in [4.78, 5) is 20.9. The lowest BCUT2D eigenvalue weighted by molar-refractivity contribution is -0.111. The monoisotopic (exact) mass is 298 g/mol. The summed E-state index contributed by atoms with van der Waals surface area (Å²) >= 11 is 5.73. The zero-order valence-electron chi connectivity index (χ0n) is 6.82. The average Bonchev–Trinajstić information content (AvgIpc) is 1.95. The van der Waals surface area contributed by atoms with Crippen LogP contribution in [0.15, 0.2) is 0 Å². The van der Waals surface area contributed by atoms with E-state index in [9.17, 15) is 9.59 Å². The fourth-order valence-corrected chi connectivity index (χ4v) is 1.44. The number of halogens is 2. The minimum atomic E-state index is 0.0686. The quantitative estimate of drug-likeness (QED) is 0.534. The predicted octanol–water partition coefficient (Wildman–Crippen LogP) is 3.17. The molecule has 0 aliphatic heterocycles. The van der Waals surface area contributed by atoms with Crippen LogP contribution in [0, 0.1) is 0 Å². The summed E-state index contributed by atoms with van der Waals surface area (Å²) in [7, 11) is 0. The SMILES string of the molecule is O=C(Br)CCCCCCC(=O)Br. The Morgan fingerprint density at radius 3 is 1.33 bits per heavy atom. The zero-order chi connectivity index (χ0) is 9.40. The van der Waals surface area contributed by atoms with Gasteiger partial charge in [0.15, 0.2) is 9.39 Å². The molecule has 0 aliphatic carbocycles. The standard InChI is InChI=1S/C8H12Br2O2/c9-7(11)5-3-1-2-4-6-8(10)12/h1-6H2. The normalized spacial score (nSPS) is 9.83. The van der Waals surface area contributed by atoms with E-state index in [-0.39, 0.29) is 9.39 Å². The first kappa shape index (κ1) is 12.3. The maximum Gasteiger partial charge on any atom is 0.197 e. The van der Waals surface area contributed by atoms with Crippen molar-refractivity contribution in [2.45, 2.75) is 38.5 Å². The molecule has 0 aliphatic rings. The molecular weight excluding hydrogens is 288 g/mol. The first-order valence-electron chi connectivity index (χ1n) is 3.99.